The predicted octanol–water partition coefficient (Wildman–Crippen LogP) is 1.19. The Morgan fingerprint density at radius 2 is 2.07 bits per heavy atom. The SMILES string of the molecule is O=C(O)C(c1ncc(F)cn1)C1CC1. The monoisotopic (exact) mass is 196 g/mol. The number of aromatic nitrogens is 2. The zero-order valence-corrected chi connectivity index (χ0v) is 7.35. The number of carboxylic acids is 1. The van der Waals surface area contributed by atoms with Gasteiger partial charge in [0.05, 0.1) is 12.4 Å². The number of aliphatic carboxylic acids is 1. The number of hydrogen-bond acceptors (Lipinski definition) is 3. The molecule has 1 fully saturated rings. The van der Waals surface area contributed by atoms with Crippen LogP contribution < -0.4 is 0 Å². The Bertz CT molecular complexity index is 348. The lowest BCUT2D eigenvalue weighted by molar-refractivity contribution is -0.139. The van der Waals surface area contributed by atoms with Crippen LogP contribution in [0, 0.1) is 11.7 Å². The molecule has 1 atom stereocenters. The zero-order valence-electron chi connectivity index (χ0n) is 7.35. The van der Waals surface area contributed by atoms with Gasteiger partial charge in [-0.2, -0.15) is 0 Å². The van der Waals surface area contributed by atoms with Crippen molar-refractivity contribution in [3.8, 4) is 0 Å². The summed E-state index contributed by atoms with van der Waals surface area (Å²) in [6.07, 6.45) is 3.77. The van der Waals surface area contributed by atoms with Crippen molar-refractivity contribution in [3.63, 3.8) is 0 Å². The molecule has 0 radical (unpaired) electrons. The molecule has 4 nitrogen and oxygen atoms in total. The summed E-state index contributed by atoms with van der Waals surface area (Å²) in [5.41, 5.74) is 0. The molecule has 1 unspecified atom stereocenters. The van der Waals surface area contributed by atoms with E-state index < -0.39 is 17.7 Å². The van der Waals surface area contributed by atoms with Gasteiger partial charge < -0.3 is 5.11 Å². The molecule has 0 spiro atoms. The second kappa shape index (κ2) is 3.32. The van der Waals surface area contributed by atoms with E-state index in [1.54, 1.807) is 0 Å². The maximum absolute atomic E-state index is 12.5. The van der Waals surface area contributed by atoms with Gasteiger partial charge in [-0.3, -0.25) is 4.79 Å². The number of rotatable bonds is 3. The van der Waals surface area contributed by atoms with Gasteiger partial charge in [0.1, 0.15) is 11.7 Å². The van der Waals surface area contributed by atoms with E-state index >= 15 is 0 Å². The molecule has 1 heterocycles. The highest BCUT2D eigenvalue weighted by molar-refractivity contribution is 5.75. The molecule has 0 saturated heterocycles. The number of carbonyl (C=O) groups is 1. The van der Waals surface area contributed by atoms with Gasteiger partial charge in [-0.1, -0.05) is 0 Å². The smallest absolute Gasteiger partial charge is 0.314 e. The average molecular weight is 196 g/mol. The molecule has 1 saturated carbocycles. The lowest BCUT2D eigenvalue weighted by Gasteiger charge is -2.08. The van der Waals surface area contributed by atoms with Gasteiger partial charge in [0.25, 0.3) is 0 Å². The average Bonchev–Trinajstić information content (AvgIpc) is 2.92. The highest BCUT2D eigenvalue weighted by atomic mass is 19.1. The van der Waals surface area contributed by atoms with E-state index in [4.69, 9.17) is 5.11 Å². The number of nitrogens with zero attached hydrogens (tertiary/aromatic N) is 2. The summed E-state index contributed by atoms with van der Waals surface area (Å²) in [7, 11) is 0. The molecular weight excluding hydrogens is 187 g/mol. The van der Waals surface area contributed by atoms with Gasteiger partial charge >= 0.3 is 5.97 Å². The molecule has 1 aromatic rings. The fraction of sp³-hybridized carbons (Fsp3) is 0.444. The Balaban J connectivity index is 2.26. The molecule has 1 aromatic heterocycles. The second-order valence-corrected chi connectivity index (χ2v) is 3.41. The molecule has 1 N–H and O–H groups in total. The highest BCUT2D eigenvalue weighted by Gasteiger charge is 2.39. The minimum Gasteiger partial charge on any atom is -0.481 e. The molecule has 5 heteroatoms. The van der Waals surface area contributed by atoms with Crippen molar-refractivity contribution in [3.05, 3.63) is 24.0 Å². The second-order valence-electron chi connectivity index (χ2n) is 3.41. The lowest BCUT2D eigenvalue weighted by Crippen LogP contribution is -2.16. The van der Waals surface area contributed by atoms with Crippen LogP contribution in [0.3, 0.4) is 0 Å². The van der Waals surface area contributed by atoms with Crippen LogP contribution in [0.15, 0.2) is 12.4 Å². The first kappa shape index (κ1) is 9.05. The van der Waals surface area contributed by atoms with Gasteiger partial charge in [0, 0.05) is 0 Å². The minimum atomic E-state index is -0.931. The Labute approximate surface area is 79.8 Å². The Kier molecular flexibility index (Phi) is 2.15. The third kappa shape index (κ3) is 1.71. The summed E-state index contributed by atoms with van der Waals surface area (Å²) in [6.45, 7) is 0. The van der Waals surface area contributed by atoms with E-state index in [1.165, 1.54) is 0 Å². The van der Waals surface area contributed by atoms with Gasteiger partial charge in [0.15, 0.2) is 5.82 Å². The molecule has 2 rings (SSSR count). The number of hydrogen-bond donors (Lipinski definition) is 1. The van der Waals surface area contributed by atoms with E-state index in [0.717, 1.165) is 25.2 Å². The summed E-state index contributed by atoms with van der Waals surface area (Å²) in [5.74, 6) is -1.82. The van der Waals surface area contributed by atoms with E-state index in [1.807, 2.05) is 0 Å². The summed E-state index contributed by atoms with van der Waals surface area (Å²) < 4.78 is 12.5. The van der Waals surface area contributed by atoms with Crippen molar-refractivity contribution in [2.75, 3.05) is 0 Å². The van der Waals surface area contributed by atoms with Crippen LogP contribution >= 0.6 is 0 Å². The van der Waals surface area contributed by atoms with E-state index in [-0.39, 0.29) is 11.7 Å². The van der Waals surface area contributed by atoms with Gasteiger partial charge in [-0.25, -0.2) is 14.4 Å². The Morgan fingerprint density at radius 1 is 1.50 bits per heavy atom. The van der Waals surface area contributed by atoms with Crippen molar-refractivity contribution in [1.82, 2.24) is 9.97 Å². The third-order valence-corrected chi connectivity index (χ3v) is 2.28. The van der Waals surface area contributed by atoms with Crippen molar-refractivity contribution >= 4 is 5.97 Å². The van der Waals surface area contributed by atoms with Crippen LogP contribution in [0.25, 0.3) is 0 Å². The zero-order chi connectivity index (χ0) is 10.1. The first-order valence-corrected chi connectivity index (χ1v) is 4.38. The predicted molar refractivity (Wildman–Crippen MR) is 45.1 cm³/mol. The molecule has 1 aliphatic carbocycles. The molecule has 1 aliphatic rings. The van der Waals surface area contributed by atoms with Crippen molar-refractivity contribution in [1.29, 1.82) is 0 Å². The van der Waals surface area contributed by atoms with Gasteiger partial charge in [0.2, 0.25) is 0 Å². The fourth-order valence-electron chi connectivity index (χ4n) is 1.44. The Hall–Kier alpha value is -1.52. The van der Waals surface area contributed by atoms with Crippen molar-refractivity contribution < 1.29 is 14.3 Å². The highest BCUT2D eigenvalue weighted by Crippen LogP contribution is 2.41. The van der Waals surface area contributed by atoms with Crippen LogP contribution in [0.4, 0.5) is 4.39 Å². The molecule has 0 aromatic carbocycles. The molecule has 0 amide bonds. The minimum absolute atomic E-state index is 0.123. The molecule has 0 bridgehead atoms. The molecular formula is C9H9FN2O2. The number of halogens is 1. The molecule has 0 aliphatic heterocycles. The van der Waals surface area contributed by atoms with Crippen molar-refractivity contribution in [2.45, 2.75) is 18.8 Å². The fourth-order valence-corrected chi connectivity index (χ4v) is 1.44. The number of carboxylic acid groups (broad SMARTS) is 1. The summed E-state index contributed by atoms with van der Waals surface area (Å²) in [4.78, 5) is 18.3. The van der Waals surface area contributed by atoms with Gasteiger partial charge in [-0.05, 0) is 18.8 Å². The summed E-state index contributed by atoms with van der Waals surface area (Å²) >= 11 is 0. The first-order chi connectivity index (χ1) is 6.68. The van der Waals surface area contributed by atoms with Crippen LogP contribution in [-0.2, 0) is 4.79 Å². The van der Waals surface area contributed by atoms with Gasteiger partial charge in [-0.15, -0.1) is 0 Å². The first-order valence-electron chi connectivity index (χ1n) is 4.38. The van der Waals surface area contributed by atoms with Crippen LogP contribution in [-0.4, -0.2) is 21.0 Å². The quantitative estimate of drug-likeness (QED) is 0.788. The third-order valence-electron chi connectivity index (χ3n) is 2.28. The van der Waals surface area contributed by atoms with Crippen LogP contribution in [0.5, 0.6) is 0 Å². The topological polar surface area (TPSA) is 63.1 Å². The molecule has 74 valence electrons. The van der Waals surface area contributed by atoms with Crippen molar-refractivity contribution in [2.24, 2.45) is 5.92 Å². The summed E-state index contributed by atoms with van der Waals surface area (Å²) in [6, 6.07) is 0. The van der Waals surface area contributed by atoms with E-state index in [9.17, 15) is 9.18 Å². The lowest BCUT2D eigenvalue weighted by atomic mass is 10.0. The van der Waals surface area contributed by atoms with E-state index in [0.29, 0.717) is 0 Å². The Morgan fingerprint density at radius 3 is 2.50 bits per heavy atom. The van der Waals surface area contributed by atoms with Crippen LogP contribution in [0.1, 0.15) is 24.6 Å². The van der Waals surface area contributed by atoms with Crippen LogP contribution in [0.2, 0.25) is 0 Å². The van der Waals surface area contributed by atoms with E-state index in [2.05, 4.69) is 9.97 Å². The standard InChI is InChI=1S/C9H9FN2O2/c10-6-3-11-8(12-4-6)7(9(13)14)5-1-2-5/h3-5,7H,1-2H2,(H,13,14). The molecule has 14 heavy (non-hydrogen) atoms. The largest absolute Gasteiger partial charge is 0.481 e. The maximum Gasteiger partial charge on any atom is 0.314 e. The normalized spacial score (nSPS) is 17.8. The maximum atomic E-state index is 12.5. The summed E-state index contributed by atoms with van der Waals surface area (Å²) in [5, 5.41) is 8.93.